The smallest absolute Gasteiger partial charge is 0.209 e. The van der Waals surface area contributed by atoms with Crippen LogP contribution < -0.4 is 5.32 Å². The normalized spacial score (nSPS) is 11.2. The molecule has 0 saturated carbocycles. The summed E-state index contributed by atoms with van der Waals surface area (Å²) in [5, 5.41) is 7.63. The quantitative estimate of drug-likeness (QED) is 0.515. The lowest BCUT2D eigenvalue weighted by molar-refractivity contribution is 0.101. The number of rotatable bonds is 6. The number of anilines is 1. The highest BCUT2D eigenvalue weighted by molar-refractivity contribution is 7.14. The second kappa shape index (κ2) is 7.17. The summed E-state index contributed by atoms with van der Waals surface area (Å²) in [4.78, 5) is 25.6. The van der Waals surface area contributed by atoms with Crippen molar-refractivity contribution in [3.05, 3.63) is 87.6 Å². The Labute approximate surface area is 141 Å². The predicted molar refractivity (Wildman–Crippen MR) is 95.4 cm³/mol. The summed E-state index contributed by atoms with van der Waals surface area (Å²) in [6.07, 6.45) is 1.38. The minimum Gasteiger partial charge on any atom is -0.344 e. The van der Waals surface area contributed by atoms with Crippen molar-refractivity contribution in [2.45, 2.75) is 0 Å². The molecule has 23 heavy (non-hydrogen) atoms. The van der Waals surface area contributed by atoms with Gasteiger partial charge in [-0.3, -0.25) is 9.59 Å². The molecule has 5 heteroatoms. The number of Topliss-reactive ketones (excluding diaryl/α,β-unsaturated/α-hetero) is 1. The lowest BCUT2D eigenvalue weighted by Crippen LogP contribution is -2.13. The molecule has 0 saturated heterocycles. The first-order chi connectivity index (χ1) is 11.2. The van der Waals surface area contributed by atoms with Crippen LogP contribution in [0.2, 0.25) is 0 Å². The first kappa shape index (κ1) is 15.4. The summed E-state index contributed by atoms with van der Waals surface area (Å²) in [7, 11) is 0. The van der Waals surface area contributed by atoms with Crippen LogP contribution in [0.25, 0.3) is 0 Å². The topological polar surface area (TPSA) is 46.2 Å². The van der Waals surface area contributed by atoms with Gasteiger partial charge in [0, 0.05) is 11.6 Å². The highest BCUT2D eigenvalue weighted by Gasteiger charge is 2.15. The second-order valence-electron chi connectivity index (χ2n) is 4.70. The molecule has 0 unspecified atom stereocenters. The molecule has 0 aliphatic carbocycles. The molecule has 0 fully saturated rings. The van der Waals surface area contributed by atoms with Gasteiger partial charge in [-0.2, -0.15) is 0 Å². The van der Waals surface area contributed by atoms with Crippen LogP contribution in [-0.2, 0) is 0 Å². The second-order valence-corrected chi connectivity index (χ2v) is 6.59. The van der Waals surface area contributed by atoms with Crippen molar-refractivity contribution in [3.63, 3.8) is 0 Å². The summed E-state index contributed by atoms with van der Waals surface area (Å²) >= 11 is 2.83. The molecule has 3 rings (SSSR count). The lowest BCUT2D eigenvalue weighted by Gasteiger charge is -2.08. The molecule has 1 N–H and O–H groups in total. The zero-order chi connectivity index (χ0) is 16.1. The fourth-order valence-corrected chi connectivity index (χ4v) is 3.27. The van der Waals surface area contributed by atoms with Crippen molar-refractivity contribution in [2.24, 2.45) is 0 Å². The third-order valence-electron chi connectivity index (χ3n) is 3.10. The van der Waals surface area contributed by atoms with Crippen LogP contribution >= 0.6 is 22.7 Å². The monoisotopic (exact) mass is 339 g/mol. The maximum Gasteiger partial charge on any atom is 0.209 e. The summed E-state index contributed by atoms with van der Waals surface area (Å²) < 4.78 is 0. The maximum absolute atomic E-state index is 12.7. The van der Waals surface area contributed by atoms with Crippen LogP contribution in [-0.4, -0.2) is 11.6 Å². The van der Waals surface area contributed by atoms with Crippen LogP contribution in [0, 0.1) is 0 Å². The molecule has 0 aliphatic rings. The first-order valence-electron chi connectivity index (χ1n) is 6.94. The Morgan fingerprint density at radius 2 is 1.61 bits per heavy atom. The van der Waals surface area contributed by atoms with Gasteiger partial charge in [0.2, 0.25) is 5.78 Å². The van der Waals surface area contributed by atoms with Gasteiger partial charge in [0.05, 0.1) is 15.6 Å². The Morgan fingerprint density at radius 1 is 0.870 bits per heavy atom. The van der Waals surface area contributed by atoms with Crippen LogP contribution in [0.15, 0.2) is 77.1 Å². The fraction of sp³-hybridized carbons (Fsp3) is 0. The van der Waals surface area contributed by atoms with Gasteiger partial charge >= 0.3 is 0 Å². The van der Waals surface area contributed by atoms with E-state index in [1.54, 1.807) is 30.3 Å². The third-order valence-corrected chi connectivity index (χ3v) is 4.77. The number of allylic oxidation sites excluding steroid dienone is 2. The molecular weight excluding hydrogens is 326 g/mol. The van der Waals surface area contributed by atoms with Crippen molar-refractivity contribution >= 4 is 39.2 Å². The number of nitrogens with one attached hydrogen (secondary N) is 1. The molecule has 3 nitrogen and oxygen atoms in total. The first-order valence-corrected chi connectivity index (χ1v) is 8.70. The van der Waals surface area contributed by atoms with Gasteiger partial charge in [-0.05, 0) is 29.0 Å². The number of thiophene rings is 2. The zero-order valence-electron chi connectivity index (χ0n) is 12.1. The zero-order valence-corrected chi connectivity index (χ0v) is 13.7. The Bertz CT molecular complexity index is 819. The van der Waals surface area contributed by atoms with Gasteiger partial charge < -0.3 is 5.32 Å². The number of carbonyl (C=O) groups excluding carboxylic acids is 2. The molecule has 0 spiro atoms. The van der Waals surface area contributed by atoms with Gasteiger partial charge in [0.1, 0.15) is 0 Å². The SMILES string of the molecule is O=C(/C(=C/C(=O)c1cccs1)Nc1cccs1)c1ccccc1. The Hall–Kier alpha value is -2.50. The Kier molecular flexibility index (Phi) is 4.80. The van der Waals surface area contributed by atoms with Crippen molar-refractivity contribution in [1.29, 1.82) is 0 Å². The number of carbonyl (C=O) groups is 2. The van der Waals surface area contributed by atoms with E-state index < -0.39 is 0 Å². The largest absolute Gasteiger partial charge is 0.344 e. The summed E-state index contributed by atoms with van der Waals surface area (Å²) in [6, 6.07) is 16.3. The minimum absolute atomic E-state index is 0.177. The number of ketones is 2. The van der Waals surface area contributed by atoms with Gasteiger partial charge in [0.15, 0.2) is 5.78 Å². The van der Waals surface area contributed by atoms with Crippen molar-refractivity contribution < 1.29 is 9.59 Å². The molecule has 2 heterocycles. The average Bonchev–Trinajstić information content (AvgIpc) is 3.28. The average molecular weight is 339 g/mol. The van der Waals surface area contributed by atoms with E-state index in [9.17, 15) is 9.59 Å². The number of hydrogen-bond donors (Lipinski definition) is 1. The van der Waals surface area contributed by atoms with E-state index in [-0.39, 0.29) is 17.3 Å². The van der Waals surface area contributed by atoms with Crippen molar-refractivity contribution in [2.75, 3.05) is 5.32 Å². The highest BCUT2D eigenvalue weighted by Crippen LogP contribution is 2.20. The summed E-state index contributed by atoms with van der Waals surface area (Å²) in [5.41, 5.74) is 0.818. The molecule has 0 amide bonds. The Morgan fingerprint density at radius 3 is 2.26 bits per heavy atom. The van der Waals surface area contributed by atoms with Crippen LogP contribution in [0.5, 0.6) is 0 Å². The van der Waals surface area contributed by atoms with E-state index in [4.69, 9.17) is 0 Å². The summed E-state index contributed by atoms with van der Waals surface area (Å²) in [6.45, 7) is 0. The van der Waals surface area contributed by atoms with E-state index in [2.05, 4.69) is 5.32 Å². The van der Waals surface area contributed by atoms with Gasteiger partial charge in [-0.1, -0.05) is 36.4 Å². The van der Waals surface area contributed by atoms with Gasteiger partial charge in [-0.15, -0.1) is 22.7 Å². The standard InChI is InChI=1S/C18H13NO2S2/c20-15(16-8-4-10-22-16)12-14(19-17-9-5-11-23-17)18(21)13-6-2-1-3-7-13/h1-12,19H/b14-12-. The van der Waals surface area contributed by atoms with Crippen molar-refractivity contribution in [1.82, 2.24) is 0 Å². The van der Waals surface area contributed by atoms with E-state index in [1.165, 1.54) is 28.7 Å². The van der Waals surface area contributed by atoms with Crippen molar-refractivity contribution in [3.8, 4) is 0 Å². The van der Waals surface area contributed by atoms with Crippen LogP contribution in [0.3, 0.4) is 0 Å². The lowest BCUT2D eigenvalue weighted by atomic mass is 10.1. The third kappa shape index (κ3) is 3.83. The van der Waals surface area contributed by atoms with E-state index in [0.717, 1.165) is 5.00 Å². The summed E-state index contributed by atoms with van der Waals surface area (Å²) in [5.74, 6) is -0.382. The van der Waals surface area contributed by atoms with E-state index in [1.807, 2.05) is 35.0 Å². The van der Waals surface area contributed by atoms with E-state index >= 15 is 0 Å². The minimum atomic E-state index is -0.205. The molecule has 3 aromatic rings. The fourth-order valence-electron chi connectivity index (χ4n) is 2.01. The molecule has 114 valence electrons. The van der Waals surface area contributed by atoms with Crippen LogP contribution in [0.4, 0.5) is 5.00 Å². The van der Waals surface area contributed by atoms with E-state index in [0.29, 0.717) is 10.4 Å². The number of benzene rings is 1. The van der Waals surface area contributed by atoms with Gasteiger partial charge in [-0.25, -0.2) is 0 Å². The van der Waals surface area contributed by atoms with Gasteiger partial charge in [0.25, 0.3) is 0 Å². The molecule has 0 radical (unpaired) electrons. The molecule has 0 atom stereocenters. The predicted octanol–water partition coefficient (Wildman–Crippen LogP) is 4.87. The Balaban J connectivity index is 1.93. The number of hydrogen-bond acceptors (Lipinski definition) is 5. The highest BCUT2D eigenvalue weighted by atomic mass is 32.1. The molecular formula is C18H13NO2S2. The maximum atomic E-state index is 12.7. The molecule has 2 aromatic heterocycles. The van der Waals surface area contributed by atoms with Crippen LogP contribution in [0.1, 0.15) is 20.0 Å². The molecule has 0 bridgehead atoms. The molecule has 1 aromatic carbocycles. The molecule has 0 aliphatic heterocycles.